The van der Waals surface area contributed by atoms with E-state index < -0.39 is 0 Å². The van der Waals surface area contributed by atoms with E-state index in [9.17, 15) is 0 Å². The Hall–Kier alpha value is -0.890. The second-order valence-electron chi connectivity index (χ2n) is 3.07. The average Bonchev–Trinajstić information content (AvgIpc) is 2.46. The van der Waals surface area contributed by atoms with Crippen LogP contribution in [0.5, 0.6) is 0 Å². The molecule has 0 aromatic heterocycles. The Morgan fingerprint density at radius 1 is 1.58 bits per heavy atom. The number of allylic oxidation sites excluding steroid dienone is 1. The largest absolute Gasteiger partial charge is 0.300 e. The standard InChI is InChI=1S/C10H16N2/c1-3-7-11-8-6-10-5-4-9-12(10)2/h3,6-8,10H,1,4-5,9H2,2H3/b8-6+,11-7-/t10-/m0/s1. The topological polar surface area (TPSA) is 15.6 Å². The Morgan fingerprint density at radius 2 is 2.42 bits per heavy atom. The predicted molar refractivity (Wildman–Crippen MR) is 53.5 cm³/mol. The summed E-state index contributed by atoms with van der Waals surface area (Å²) in [5.74, 6) is 0. The highest BCUT2D eigenvalue weighted by Gasteiger charge is 2.16. The van der Waals surface area contributed by atoms with Crippen LogP contribution in [0.2, 0.25) is 0 Å². The zero-order valence-corrected chi connectivity index (χ0v) is 7.61. The second-order valence-corrected chi connectivity index (χ2v) is 3.07. The van der Waals surface area contributed by atoms with E-state index in [-0.39, 0.29) is 0 Å². The summed E-state index contributed by atoms with van der Waals surface area (Å²) in [5.41, 5.74) is 0. The quantitative estimate of drug-likeness (QED) is 0.581. The highest BCUT2D eigenvalue weighted by molar-refractivity contribution is 5.70. The van der Waals surface area contributed by atoms with Gasteiger partial charge in [-0.05, 0) is 32.5 Å². The molecule has 66 valence electrons. The molecule has 1 aliphatic heterocycles. The molecule has 0 aromatic rings. The Balaban J connectivity index is 2.34. The van der Waals surface area contributed by atoms with Crippen molar-refractivity contribution in [1.29, 1.82) is 0 Å². The zero-order valence-electron chi connectivity index (χ0n) is 7.61. The molecule has 1 aliphatic rings. The third-order valence-electron chi connectivity index (χ3n) is 2.16. The van der Waals surface area contributed by atoms with Crippen molar-refractivity contribution in [2.45, 2.75) is 18.9 Å². The third-order valence-corrected chi connectivity index (χ3v) is 2.16. The minimum absolute atomic E-state index is 0.590. The molecule has 1 heterocycles. The smallest absolute Gasteiger partial charge is 0.0293 e. The van der Waals surface area contributed by atoms with Gasteiger partial charge in [-0.15, -0.1) is 0 Å². The lowest BCUT2D eigenvalue weighted by molar-refractivity contribution is 0.357. The fourth-order valence-corrected chi connectivity index (χ4v) is 1.44. The number of likely N-dealkylation sites (N-methyl/N-ethyl adjacent to an activating group) is 1. The van der Waals surface area contributed by atoms with Gasteiger partial charge in [-0.3, -0.25) is 9.89 Å². The predicted octanol–water partition coefficient (Wildman–Crippen LogP) is 1.85. The number of hydrogen-bond donors (Lipinski definition) is 0. The Bertz CT molecular complexity index is 194. The SMILES string of the molecule is C=C/C=N\C=C\[C@@H]1CCCN1C. The summed E-state index contributed by atoms with van der Waals surface area (Å²) in [6.07, 6.45) is 9.95. The van der Waals surface area contributed by atoms with E-state index in [0.29, 0.717) is 6.04 Å². The van der Waals surface area contributed by atoms with E-state index >= 15 is 0 Å². The van der Waals surface area contributed by atoms with Gasteiger partial charge in [-0.25, -0.2) is 0 Å². The first-order valence-corrected chi connectivity index (χ1v) is 4.35. The fourth-order valence-electron chi connectivity index (χ4n) is 1.44. The maximum Gasteiger partial charge on any atom is 0.0293 e. The molecule has 0 spiro atoms. The molecular weight excluding hydrogens is 148 g/mol. The fraction of sp³-hybridized carbons (Fsp3) is 0.500. The van der Waals surface area contributed by atoms with Crippen LogP contribution in [0.3, 0.4) is 0 Å². The molecule has 0 radical (unpaired) electrons. The highest BCUT2D eigenvalue weighted by Crippen LogP contribution is 2.15. The van der Waals surface area contributed by atoms with Crippen LogP contribution in [0.25, 0.3) is 0 Å². The number of rotatable bonds is 3. The van der Waals surface area contributed by atoms with Crippen molar-refractivity contribution in [3.63, 3.8) is 0 Å². The molecule has 1 fully saturated rings. The van der Waals surface area contributed by atoms with Gasteiger partial charge in [-0.1, -0.05) is 12.7 Å². The number of hydrogen-bond acceptors (Lipinski definition) is 2. The van der Waals surface area contributed by atoms with Gasteiger partial charge in [0.1, 0.15) is 0 Å². The summed E-state index contributed by atoms with van der Waals surface area (Å²) in [6.45, 7) is 4.76. The van der Waals surface area contributed by atoms with E-state index in [2.05, 4.69) is 29.6 Å². The van der Waals surface area contributed by atoms with E-state index in [0.717, 1.165) is 0 Å². The molecule has 0 aliphatic carbocycles. The molecule has 1 saturated heterocycles. The summed E-state index contributed by atoms with van der Waals surface area (Å²) in [7, 11) is 2.15. The molecule has 12 heavy (non-hydrogen) atoms. The molecule has 1 atom stereocenters. The van der Waals surface area contributed by atoms with Crippen molar-refractivity contribution >= 4 is 6.21 Å². The lowest BCUT2D eigenvalue weighted by Crippen LogP contribution is -2.22. The van der Waals surface area contributed by atoms with Gasteiger partial charge in [-0.2, -0.15) is 0 Å². The molecule has 0 saturated carbocycles. The van der Waals surface area contributed by atoms with Crippen molar-refractivity contribution in [2.24, 2.45) is 4.99 Å². The number of aliphatic imine (C=N–C) groups is 1. The van der Waals surface area contributed by atoms with Crippen LogP contribution in [0.1, 0.15) is 12.8 Å². The van der Waals surface area contributed by atoms with Crippen molar-refractivity contribution < 1.29 is 0 Å². The van der Waals surface area contributed by atoms with Gasteiger partial charge in [0, 0.05) is 18.5 Å². The first-order valence-electron chi connectivity index (χ1n) is 4.35. The Kier molecular flexibility index (Phi) is 3.74. The third kappa shape index (κ3) is 2.62. The van der Waals surface area contributed by atoms with Crippen LogP contribution in [-0.2, 0) is 0 Å². The molecule has 0 aromatic carbocycles. The number of likely N-dealkylation sites (tertiary alicyclic amines) is 1. The summed E-state index contributed by atoms with van der Waals surface area (Å²) in [6, 6.07) is 0.590. The second kappa shape index (κ2) is 4.88. The van der Waals surface area contributed by atoms with Gasteiger partial charge < -0.3 is 0 Å². The van der Waals surface area contributed by atoms with Crippen LogP contribution in [0, 0.1) is 0 Å². The van der Waals surface area contributed by atoms with E-state index in [1.807, 2.05) is 6.20 Å². The molecule has 0 amide bonds. The average molecular weight is 164 g/mol. The van der Waals surface area contributed by atoms with Gasteiger partial charge in [0.15, 0.2) is 0 Å². The van der Waals surface area contributed by atoms with Crippen LogP contribution >= 0.6 is 0 Å². The minimum atomic E-state index is 0.590. The van der Waals surface area contributed by atoms with Gasteiger partial charge >= 0.3 is 0 Å². The highest BCUT2D eigenvalue weighted by atomic mass is 15.1. The Morgan fingerprint density at radius 3 is 3.00 bits per heavy atom. The lowest BCUT2D eigenvalue weighted by atomic mass is 10.2. The van der Waals surface area contributed by atoms with Crippen LogP contribution in [-0.4, -0.2) is 30.7 Å². The lowest BCUT2D eigenvalue weighted by Gasteiger charge is -2.13. The van der Waals surface area contributed by atoms with Crippen LogP contribution in [0.15, 0.2) is 29.9 Å². The molecule has 2 nitrogen and oxygen atoms in total. The molecule has 0 bridgehead atoms. The first-order chi connectivity index (χ1) is 5.84. The summed E-state index contributed by atoms with van der Waals surface area (Å²) in [5, 5.41) is 0. The molecule has 2 heteroatoms. The monoisotopic (exact) mass is 164 g/mol. The van der Waals surface area contributed by atoms with Gasteiger partial charge in [0.25, 0.3) is 0 Å². The molecule has 1 rings (SSSR count). The van der Waals surface area contributed by atoms with Gasteiger partial charge in [0.2, 0.25) is 0 Å². The van der Waals surface area contributed by atoms with E-state index in [4.69, 9.17) is 0 Å². The number of nitrogens with zero attached hydrogens (tertiary/aromatic N) is 2. The summed E-state index contributed by atoms with van der Waals surface area (Å²) < 4.78 is 0. The van der Waals surface area contributed by atoms with Crippen molar-refractivity contribution in [1.82, 2.24) is 4.90 Å². The normalized spacial score (nSPS) is 25.9. The molecule has 0 N–H and O–H groups in total. The zero-order chi connectivity index (χ0) is 8.81. The molecule has 0 unspecified atom stereocenters. The first kappa shape index (κ1) is 9.20. The van der Waals surface area contributed by atoms with Gasteiger partial charge in [0.05, 0.1) is 0 Å². The maximum atomic E-state index is 4.04. The van der Waals surface area contributed by atoms with Crippen LogP contribution in [0.4, 0.5) is 0 Å². The Labute approximate surface area is 74.3 Å². The van der Waals surface area contributed by atoms with E-state index in [1.54, 1.807) is 12.3 Å². The minimum Gasteiger partial charge on any atom is -0.300 e. The summed E-state index contributed by atoms with van der Waals surface area (Å²) in [4.78, 5) is 6.38. The van der Waals surface area contributed by atoms with Crippen molar-refractivity contribution in [3.05, 3.63) is 24.9 Å². The van der Waals surface area contributed by atoms with Crippen LogP contribution < -0.4 is 0 Å². The molecular formula is C10H16N2. The van der Waals surface area contributed by atoms with Crippen molar-refractivity contribution in [2.75, 3.05) is 13.6 Å². The summed E-state index contributed by atoms with van der Waals surface area (Å²) >= 11 is 0. The van der Waals surface area contributed by atoms with Crippen molar-refractivity contribution in [3.8, 4) is 0 Å². The van der Waals surface area contributed by atoms with E-state index in [1.165, 1.54) is 19.4 Å². The maximum absolute atomic E-state index is 4.04.